The fourth-order valence-corrected chi connectivity index (χ4v) is 2.97. The standard InChI is InChI=1S/C17H24ClFN2O2/c1-12(2)10-21-6-7-23-13(11-21)9-20-17(22)8-14-15(18)4-3-5-16(14)19/h3-5,12-13H,6-11H2,1-2H3,(H,20,22)/t13-/m1/s1. The van der Waals surface area contributed by atoms with Crippen LogP contribution in [0.4, 0.5) is 4.39 Å². The van der Waals surface area contributed by atoms with Gasteiger partial charge < -0.3 is 10.1 Å². The zero-order chi connectivity index (χ0) is 16.8. The van der Waals surface area contributed by atoms with Crippen LogP contribution in [-0.2, 0) is 16.0 Å². The molecule has 128 valence electrons. The molecule has 0 radical (unpaired) electrons. The van der Waals surface area contributed by atoms with Gasteiger partial charge in [0.1, 0.15) is 5.82 Å². The second kappa shape index (κ2) is 8.62. The molecule has 1 N–H and O–H groups in total. The number of carbonyl (C=O) groups is 1. The highest BCUT2D eigenvalue weighted by molar-refractivity contribution is 6.31. The molecule has 0 aliphatic carbocycles. The molecule has 0 spiro atoms. The number of carbonyl (C=O) groups excluding carboxylic acids is 1. The van der Waals surface area contributed by atoms with Gasteiger partial charge in [-0.3, -0.25) is 9.69 Å². The number of rotatable bonds is 6. The normalized spacial score (nSPS) is 19.1. The number of hydrogen-bond acceptors (Lipinski definition) is 3. The molecule has 1 atom stereocenters. The van der Waals surface area contributed by atoms with Gasteiger partial charge in [0.2, 0.25) is 5.91 Å². The van der Waals surface area contributed by atoms with Crippen molar-refractivity contribution < 1.29 is 13.9 Å². The number of hydrogen-bond donors (Lipinski definition) is 1. The smallest absolute Gasteiger partial charge is 0.224 e. The average molecular weight is 343 g/mol. The maximum atomic E-state index is 13.7. The number of ether oxygens (including phenoxy) is 1. The van der Waals surface area contributed by atoms with Gasteiger partial charge in [-0.1, -0.05) is 31.5 Å². The molecule has 1 aromatic carbocycles. The van der Waals surface area contributed by atoms with Crippen molar-refractivity contribution in [1.29, 1.82) is 0 Å². The van der Waals surface area contributed by atoms with Gasteiger partial charge in [0.25, 0.3) is 0 Å². The molecule has 1 aromatic rings. The first-order valence-electron chi connectivity index (χ1n) is 7.99. The molecule has 23 heavy (non-hydrogen) atoms. The van der Waals surface area contributed by atoms with Gasteiger partial charge in [-0.2, -0.15) is 0 Å². The fourth-order valence-electron chi connectivity index (χ4n) is 2.74. The minimum Gasteiger partial charge on any atom is -0.374 e. The Hall–Kier alpha value is -1.17. The summed E-state index contributed by atoms with van der Waals surface area (Å²) < 4.78 is 19.4. The molecule has 1 aliphatic heterocycles. The monoisotopic (exact) mass is 342 g/mol. The topological polar surface area (TPSA) is 41.6 Å². The Morgan fingerprint density at radius 3 is 3.00 bits per heavy atom. The number of nitrogens with one attached hydrogen (secondary N) is 1. The van der Waals surface area contributed by atoms with Gasteiger partial charge in [0, 0.05) is 36.8 Å². The van der Waals surface area contributed by atoms with E-state index in [1.165, 1.54) is 12.1 Å². The predicted octanol–water partition coefficient (Wildman–Crippen LogP) is 2.49. The summed E-state index contributed by atoms with van der Waals surface area (Å²) in [5, 5.41) is 3.09. The first-order chi connectivity index (χ1) is 11.0. The van der Waals surface area contributed by atoms with Crippen molar-refractivity contribution in [2.24, 2.45) is 5.92 Å². The van der Waals surface area contributed by atoms with Gasteiger partial charge in [-0.05, 0) is 18.1 Å². The molecule has 0 bridgehead atoms. The summed E-state index contributed by atoms with van der Waals surface area (Å²) in [6.07, 6.45) is -0.0870. The number of benzene rings is 1. The van der Waals surface area contributed by atoms with Crippen molar-refractivity contribution >= 4 is 17.5 Å². The van der Waals surface area contributed by atoms with E-state index in [1.807, 2.05) is 0 Å². The van der Waals surface area contributed by atoms with E-state index < -0.39 is 5.82 Å². The Kier molecular flexibility index (Phi) is 6.81. The molecule has 0 saturated carbocycles. The highest BCUT2D eigenvalue weighted by atomic mass is 35.5. The molecule has 2 rings (SSSR count). The lowest BCUT2D eigenvalue weighted by atomic mass is 10.1. The van der Waals surface area contributed by atoms with Gasteiger partial charge in [-0.15, -0.1) is 0 Å². The Balaban J connectivity index is 1.80. The molecular formula is C17H24ClFN2O2. The van der Waals surface area contributed by atoms with Crippen LogP contribution in [0.3, 0.4) is 0 Å². The second-order valence-electron chi connectivity index (χ2n) is 6.33. The van der Waals surface area contributed by atoms with Crippen molar-refractivity contribution in [3.63, 3.8) is 0 Å². The summed E-state index contributed by atoms with van der Waals surface area (Å²) >= 11 is 5.94. The van der Waals surface area contributed by atoms with Crippen LogP contribution in [0.1, 0.15) is 19.4 Å². The Morgan fingerprint density at radius 1 is 1.52 bits per heavy atom. The minimum atomic E-state index is -0.454. The molecule has 1 heterocycles. The summed E-state index contributed by atoms with van der Waals surface area (Å²) in [5.41, 5.74) is 0.234. The summed E-state index contributed by atoms with van der Waals surface area (Å²) in [6.45, 7) is 8.23. The SMILES string of the molecule is CC(C)CN1CCO[C@H](CNC(=O)Cc2c(F)cccc2Cl)C1. The zero-order valence-corrected chi connectivity index (χ0v) is 14.4. The predicted molar refractivity (Wildman–Crippen MR) is 89.1 cm³/mol. The van der Waals surface area contributed by atoms with Crippen LogP contribution >= 0.6 is 11.6 Å². The molecule has 1 saturated heterocycles. The summed E-state index contributed by atoms with van der Waals surface area (Å²) in [4.78, 5) is 14.4. The highest BCUT2D eigenvalue weighted by Gasteiger charge is 2.21. The molecule has 0 aromatic heterocycles. The van der Waals surface area contributed by atoms with E-state index in [1.54, 1.807) is 6.07 Å². The molecule has 4 nitrogen and oxygen atoms in total. The quantitative estimate of drug-likeness (QED) is 0.863. The second-order valence-corrected chi connectivity index (χ2v) is 6.73. The first-order valence-corrected chi connectivity index (χ1v) is 8.37. The summed E-state index contributed by atoms with van der Waals surface area (Å²) in [7, 11) is 0. The van der Waals surface area contributed by atoms with Crippen LogP contribution < -0.4 is 5.32 Å². The third-order valence-electron chi connectivity index (χ3n) is 3.77. The van der Waals surface area contributed by atoms with E-state index in [4.69, 9.17) is 16.3 Å². The highest BCUT2D eigenvalue weighted by Crippen LogP contribution is 2.19. The van der Waals surface area contributed by atoms with Crippen molar-refractivity contribution in [1.82, 2.24) is 10.2 Å². The van der Waals surface area contributed by atoms with E-state index in [0.717, 1.165) is 19.6 Å². The largest absolute Gasteiger partial charge is 0.374 e. The Bertz CT molecular complexity index is 519. The first kappa shape index (κ1) is 18.2. The van der Waals surface area contributed by atoms with Crippen LogP contribution in [0.5, 0.6) is 0 Å². The fraction of sp³-hybridized carbons (Fsp3) is 0.588. The van der Waals surface area contributed by atoms with E-state index in [-0.39, 0.29) is 29.0 Å². The average Bonchev–Trinajstić information content (AvgIpc) is 2.49. The van der Waals surface area contributed by atoms with E-state index in [2.05, 4.69) is 24.1 Å². The van der Waals surface area contributed by atoms with Crippen molar-refractivity contribution in [2.45, 2.75) is 26.4 Å². The molecule has 1 fully saturated rings. The third kappa shape index (κ3) is 5.75. The van der Waals surface area contributed by atoms with Crippen molar-refractivity contribution in [3.05, 3.63) is 34.6 Å². The molecular weight excluding hydrogens is 319 g/mol. The lowest BCUT2D eigenvalue weighted by Crippen LogP contribution is -2.48. The Labute approximate surface area is 141 Å². The number of morpholine rings is 1. The maximum absolute atomic E-state index is 13.7. The van der Waals surface area contributed by atoms with Gasteiger partial charge >= 0.3 is 0 Å². The van der Waals surface area contributed by atoms with Crippen LogP contribution in [0.15, 0.2) is 18.2 Å². The Morgan fingerprint density at radius 2 is 2.30 bits per heavy atom. The van der Waals surface area contributed by atoms with Crippen LogP contribution in [0, 0.1) is 11.7 Å². The summed E-state index contributed by atoms with van der Waals surface area (Å²) in [6, 6.07) is 4.42. The van der Waals surface area contributed by atoms with Crippen LogP contribution in [0.2, 0.25) is 5.02 Å². The molecule has 0 unspecified atom stereocenters. The van der Waals surface area contributed by atoms with E-state index >= 15 is 0 Å². The maximum Gasteiger partial charge on any atom is 0.224 e. The molecule has 1 aliphatic rings. The van der Waals surface area contributed by atoms with E-state index in [9.17, 15) is 9.18 Å². The lowest BCUT2D eigenvalue weighted by molar-refractivity contribution is -0.121. The van der Waals surface area contributed by atoms with Crippen molar-refractivity contribution in [2.75, 3.05) is 32.8 Å². The number of halogens is 2. The van der Waals surface area contributed by atoms with Gasteiger partial charge in [0.15, 0.2) is 0 Å². The molecule has 6 heteroatoms. The molecule has 1 amide bonds. The van der Waals surface area contributed by atoms with Crippen LogP contribution in [0.25, 0.3) is 0 Å². The lowest BCUT2D eigenvalue weighted by Gasteiger charge is -2.33. The third-order valence-corrected chi connectivity index (χ3v) is 4.13. The van der Waals surface area contributed by atoms with E-state index in [0.29, 0.717) is 19.1 Å². The summed E-state index contributed by atoms with van der Waals surface area (Å²) in [5.74, 6) is -0.0993. The van der Waals surface area contributed by atoms with Crippen molar-refractivity contribution in [3.8, 4) is 0 Å². The van der Waals surface area contributed by atoms with Crippen LogP contribution in [-0.4, -0.2) is 49.7 Å². The zero-order valence-electron chi connectivity index (χ0n) is 13.6. The number of nitrogens with zero attached hydrogens (tertiary/aromatic N) is 1. The van der Waals surface area contributed by atoms with Gasteiger partial charge in [-0.25, -0.2) is 4.39 Å². The van der Waals surface area contributed by atoms with Gasteiger partial charge in [0.05, 0.1) is 19.1 Å². The number of amides is 1. The minimum absolute atomic E-state index is 0.0254.